The van der Waals surface area contributed by atoms with Crippen LogP contribution in [0.15, 0.2) is 0 Å². The summed E-state index contributed by atoms with van der Waals surface area (Å²) in [5, 5.41) is 14.1. The number of Topliss-reactive ketones (excluding diaryl/α,β-unsaturated/α-hetero) is 1. The Morgan fingerprint density at radius 2 is 1.50 bits per heavy atom. The van der Waals surface area contributed by atoms with Gasteiger partial charge in [0, 0.05) is 21.0 Å². The molecule has 0 atom stereocenters. The van der Waals surface area contributed by atoms with Crippen LogP contribution in [0.1, 0.15) is 27.9 Å². The number of aromatic nitrogens is 2. The summed E-state index contributed by atoms with van der Waals surface area (Å²) >= 11 is 0. The lowest BCUT2D eigenvalue weighted by molar-refractivity contribution is 0.0690. The van der Waals surface area contributed by atoms with Crippen LogP contribution in [0.4, 0.5) is 11.6 Å². The first-order valence-electron chi connectivity index (χ1n) is 4.53. The lowest BCUT2D eigenvalue weighted by atomic mass is 10.2. The second-order valence-corrected chi connectivity index (χ2v) is 2.98. The summed E-state index contributed by atoms with van der Waals surface area (Å²) in [5.74, 6) is -1.27. The van der Waals surface area contributed by atoms with Crippen LogP contribution in [0.3, 0.4) is 0 Å². The number of carboxylic acids is 1. The third-order valence-corrected chi connectivity index (χ3v) is 1.91. The third kappa shape index (κ3) is 2.08. The Labute approximate surface area is 91.9 Å². The van der Waals surface area contributed by atoms with Gasteiger partial charge in [0.1, 0.15) is 0 Å². The second-order valence-electron chi connectivity index (χ2n) is 2.98. The zero-order valence-corrected chi connectivity index (χ0v) is 9.16. The summed E-state index contributed by atoms with van der Waals surface area (Å²) in [5.41, 5.74) is -0.117. The summed E-state index contributed by atoms with van der Waals surface area (Å²) in [7, 11) is 3.06. The Bertz CT molecular complexity index is 403. The molecule has 7 heteroatoms. The molecule has 0 aliphatic carbocycles. The van der Waals surface area contributed by atoms with E-state index in [0.717, 1.165) is 0 Å². The van der Waals surface area contributed by atoms with Crippen LogP contribution < -0.4 is 10.6 Å². The summed E-state index contributed by atoms with van der Waals surface area (Å²) in [6.07, 6.45) is 0. The van der Waals surface area contributed by atoms with Gasteiger partial charge >= 0.3 is 5.97 Å². The minimum absolute atomic E-state index is 0.0664. The van der Waals surface area contributed by atoms with Crippen molar-refractivity contribution >= 4 is 23.4 Å². The van der Waals surface area contributed by atoms with Crippen molar-refractivity contribution in [3.05, 3.63) is 11.4 Å². The van der Waals surface area contributed by atoms with Gasteiger partial charge in [0.2, 0.25) is 0 Å². The van der Waals surface area contributed by atoms with E-state index in [9.17, 15) is 9.59 Å². The Kier molecular flexibility index (Phi) is 3.39. The highest BCUT2D eigenvalue weighted by Gasteiger charge is 2.19. The number of nitrogens with zero attached hydrogens (tertiary/aromatic N) is 2. The maximum Gasteiger partial charge on any atom is 0.358 e. The third-order valence-electron chi connectivity index (χ3n) is 1.91. The topological polar surface area (TPSA) is 104 Å². The average Bonchev–Trinajstić information content (AvgIpc) is 2.26. The molecule has 0 amide bonds. The first-order valence-corrected chi connectivity index (χ1v) is 4.53. The maximum atomic E-state index is 11.3. The quantitative estimate of drug-likeness (QED) is 0.638. The monoisotopic (exact) mass is 224 g/mol. The maximum absolute atomic E-state index is 11.3. The summed E-state index contributed by atoms with van der Waals surface area (Å²) in [4.78, 5) is 29.9. The Hall–Kier alpha value is -2.18. The fourth-order valence-corrected chi connectivity index (χ4v) is 1.18. The average molecular weight is 224 g/mol. The highest BCUT2D eigenvalue weighted by atomic mass is 16.4. The normalized spacial score (nSPS) is 9.69. The molecule has 1 rings (SSSR count). The summed E-state index contributed by atoms with van der Waals surface area (Å²) in [6.45, 7) is 1.34. The van der Waals surface area contributed by atoms with Crippen LogP contribution in [0.2, 0.25) is 0 Å². The van der Waals surface area contributed by atoms with Crippen molar-refractivity contribution in [1.29, 1.82) is 0 Å². The van der Waals surface area contributed by atoms with E-state index in [1.54, 1.807) is 7.05 Å². The number of hydrogen-bond donors (Lipinski definition) is 3. The van der Waals surface area contributed by atoms with E-state index < -0.39 is 5.97 Å². The molecule has 1 heterocycles. The predicted molar refractivity (Wildman–Crippen MR) is 58.1 cm³/mol. The van der Waals surface area contributed by atoms with Gasteiger partial charge in [-0.2, -0.15) is 0 Å². The molecule has 86 valence electrons. The molecule has 0 spiro atoms. The van der Waals surface area contributed by atoms with E-state index in [1.807, 2.05) is 0 Å². The van der Waals surface area contributed by atoms with Crippen LogP contribution in [0, 0.1) is 0 Å². The van der Waals surface area contributed by atoms with Crippen LogP contribution in [0.5, 0.6) is 0 Å². The van der Waals surface area contributed by atoms with E-state index in [2.05, 4.69) is 20.6 Å². The summed E-state index contributed by atoms with van der Waals surface area (Å²) in [6, 6.07) is 0. The van der Waals surface area contributed by atoms with Gasteiger partial charge in [-0.3, -0.25) is 4.79 Å². The Balaban J connectivity index is 3.46. The molecule has 0 unspecified atom stereocenters. The molecule has 0 saturated heterocycles. The number of anilines is 2. The highest BCUT2D eigenvalue weighted by molar-refractivity contribution is 5.99. The smallest absolute Gasteiger partial charge is 0.358 e. The van der Waals surface area contributed by atoms with E-state index in [-0.39, 0.29) is 28.8 Å². The van der Waals surface area contributed by atoms with Gasteiger partial charge < -0.3 is 15.7 Å². The predicted octanol–water partition coefficient (Wildman–Crippen LogP) is 0.461. The molecule has 1 aromatic heterocycles. The fraction of sp³-hybridized carbons (Fsp3) is 0.333. The number of hydrogen-bond acceptors (Lipinski definition) is 6. The van der Waals surface area contributed by atoms with Crippen molar-refractivity contribution in [3.8, 4) is 0 Å². The number of rotatable bonds is 4. The molecule has 0 saturated carbocycles. The van der Waals surface area contributed by atoms with Crippen molar-refractivity contribution in [2.24, 2.45) is 0 Å². The van der Waals surface area contributed by atoms with Crippen molar-refractivity contribution < 1.29 is 14.7 Å². The molecule has 3 N–H and O–H groups in total. The molecular weight excluding hydrogens is 212 g/mol. The molecule has 16 heavy (non-hydrogen) atoms. The molecule has 0 bridgehead atoms. The van der Waals surface area contributed by atoms with Crippen molar-refractivity contribution in [2.75, 3.05) is 24.7 Å². The van der Waals surface area contributed by atoms with Gasteiger partial charge in [0.05, 0.1) is 0 Å². The first kappa shape index (κ1) is 11.9. The number of carbonyl (C=O) groups is 2. The lowest BCUT2D eigenvalue weighted by Gasteiger charge is -2.09. The van der Waals surface area contributed by atoms with E-state index >= 15 is 0 Å². The van der Waals surface area contributed by atoms with Gasteiger partial charge in [-0.25, -0.2) is 14.8 Å². The lowest BCUT2D eigenvalue weighted by Crippen LogP contribution is -2.14. The van der Waals surface area contributed by atoms with Crippen molar-refractivity contribution in [3.63, 3.8) is 0 Å². The second kappa shape index (κ2) is 4.56. The number of aromatic carboxylic acids is 1. The van der Waals surface area contributed by atoms with Gasteiger partial charge in [-0.1, -0.05) is 0 Å². The molecule has 7 nitrogen and oxygen atoms in total. The molecule has 0 aromatic carbocycles. The van der Waals surface area contributed by atoms with Crippen molar-refractivity contribution in [2.45, 2.75) is 6.92 Å². The molecule has 1 aromatic rings. The van der Waals surface area contributed by atoms with Crippen molar-refractivity contribution in [1.82, 2.24) is 9.97 Å². The number of carbonyl (C=O) groups excluding carboxylic acids is 1. The van der Waals surface area contributed by atoms with Gasteiger partial charge in [0.25, 0.3) is 0 Å². The Morgan fingerprint density at radius 3 is 1.88 bits per heavy atom. The zero-order chi connectivity index (χ0) is 12.3. The van der Waals surface area contributed by atoms with E-state index in [0.29, 0.717) is 0 Å². The first-order chi connectivity index (χ1) is 7.51. The van der Waals surface area contributed by atoms with Gasteiger partial charge in [-0.05, 0) is 0 Å². The van der Waals surface area contributed by atoms with Crippen LogP contribution >= 0.6 is 0 Å². The zero-order valence-electron chi connectivity index (χ0n) is 9.16. The summed E-state index contributed by atoms with van der Waals surface area (Å²) < 4.78 is 0. The molecule has 0 aliphatic rings. The minimum atomic E-state index is -1.21. The SMILES string of the molecule is CNc1nc(C(=O)O)c(NC)nc1C(C)=O. The number of ketones is 1. The molecular formula is C9H12N4O3. The van der Waals surface area contributed by atoms with E-state index in [4.69, 9.17) is 5.11 Å². The van der Waals surface area contributed by atoms with Crippen LogP contribution in [0.25, 0.3) is 0 Å². The highest BCUT2D eigenvalue weighted by Crippen LogP contribution is 2.17. The molecule has 0 aliphatic heterocycles. The Morgan fingerprint density at radius 1 is 1.06 bits per heavy atom. The standard InChI is InChI=1S/C9H12N4O3/c1-4(14)5-7(10-2)13-6(9(15)16)8(11-3)12-5/h1-3H3,(H,10,13)(H,11,12)(H,15,16). The number of nitrogens with one attached hydrogen (secondary N) is 2. The largest absolute Gasteiger partial charge is 0.476 e. The van der Waals surface area contributed by atoms with Gasteiger partial charge in [-0.15, -0.1) is 0 Å². The molecule has 0 fully saturated rings. The van der Waals surface area contributed by atoms with Crippen LogP contribution in [-0.4, -0.2) is 40.9 Å². The van der Waals surface area contributed by atoms with Gasteiger partial charge in [0.15, 0.2) is 28.8 Å². The fourth-order valence-electron chi connectivity index (χ4n) is 1.18. The van der Waals surface area contributed by atoms with E-state index in [1.165, 1.54) is 14.0 Å². The number of carboxylic acid groups (broad SMARTS) is 1. The van der Waals surface area contributed by atoms with Crippen LogP contribution in [-0.2, 0) is 0 Å². The molecule has 0 radical (unpaired) electrons. The minimum Gasteiger partial charge on any atom is -0.476 e.